The molecule has 0 bridgehead atoms. The highest BCUT2D eigenvalue weighted by molar-refractivity contribution is 6.30. The van der Waals surface area contributed by atoms with Crippen molar-refractivity contribution in [3.8, 4) is 5.75 Å². The van der Waals surface area contributed by atoms with Gasteiger partial charge in [-0.25, -0.2) is 0 Å². The van der Waals surface area contributed by atoms with Crippen LogP contribution >= 0.6 is 11.6 Å². The van der Waals surface area contributed by atoms with Crippen molar-refractivity contribution in [1.82, 2.24) is 0 Å². The first-order valence-electron chi connectivity index (χ1n) is 4.22. The van der Waals surface area contributed by atoms with E-state index in [2.05, 4.69) is 0 Å². The fourth-order valence-corrected chi connectivity index (χ4v) is 1.16. The zero-order valence-electron chi connectivity index (χ0n) is 7.74. The average Bonchev–Trinajstić information content (AvgIpc) is 2.07. The summed E-state index contributed by atoms with van der Waals surface area (Å²) in [6.45, 7) is 1.71. The van der Waals surface area contributed by atoms with E-state index in [0.717, 1.165) is 0 Å². The van der Waals surface area contributed by atoms with Crippen molar-refractivity contribution < 1.29 is 14.6 Å². The molecule has 3 nitrogen and oxygen atoms in total. The number of halogens is 1. The Labute approximate surface area is 87.3 Å². The SMILES string of the molecule is C[C@H](CC(=O)O)Oc1ccc(Cl)cc1. The van der Waals surface area contributed by atoms with E-state index in [1.54, 1.807) is 31.2 Å². The molecule has 1 aromatic rings. The third-order valence-electron chi connectivity index (χ3n) is 1.61. The second-order valence-corrected chi connectivity index (χ2v) is 3.42. The van der Waals surface area contributed by atoms with Gasteiger partial charge in [-0.3, -0.25) is 4.79 Å². The quantitative estimate of drug-likeness (QED) is 0.838. The summed E-state index contributed by atoms with van der Waals surface area (Å²) in [4.78, 5) is 10.4. The van der Waals surface area contributed by atoms with Crippen molar-refractivity contribution in [1.29, 1.82) is 0 Å². The van der Waals surface area contributed by atoms with E-state index in [1.165, 1.54) is 0 Å². The molecule has 0 aliphatic carbocycles. The first-order valence-corrected chi connectivity index (χ1v) is 4.60. The summed E-state index contributed by atoms with van der Waals surface area (Å²) in [5, 5.41) is 9.13. The molecule has 1 N–H and O–H groups in total. The molecule has 0 aliphatic rings. The van der Waals surface area contributed by atoms with E-state index in [1.807, 2.05) is 0 Å². The van der Waals surface area contributed by atoms with Crippen LogP contribution in [0.25, 0.3) is 0 Å². The molecule has 0 aliphatic heterocycles. The Morgan fingerprint density at radius 3 is 2.57 bits per heavy atom. The van der Waals surface area contributed by atoms with E-state index in [9.17, 15) is 4.79 Å². The Hall–Kier alpha value is -1.22. The minimum absolute atomic E-state index is 0.0113. The lowest BCUT2D eigenvalue weighted by Gasteiger charge is -2.12. The van der Waals surface area contributed by atoms with Crippen LogP contribution in [0.4, 0.5) is 0 Å². The zero-order valence-corrected chi connectivity index (χ0v) is 8.49. The van der Waals surface area contributed by atoms with Gasteiger partial charge in [0, 0.05) is 5.02 Å². The molecule has 0 heterocycles. The van der Waals surface area contributed by atoms with Crippen LogP contribution in [-0.4, -0.2) is 17.2 Å². The molecule has 0 spiro atoms. The molecule has 0 saturated carbocycles. The van der Waals surface area contributed by atoms with Crippen LogP contribution in [0.2, 0.25) is 5.02 Å². The van der Waals surface area contributed by atoms with Gasteiger partial charge in [0.1, 0.15) is 11.9 Å². The van der Waals surface area contributed by atoms with Gasteiger partial charge in [-0.1, -0.05) is 11.6 Å². The van der Waals surface area contributed by atoms with Gasteiger partial charge >= 0.3 is 5.97 Å². The third-order valence-corrected chi connectivity index (χ3v) is 1.86. The highest BCUT2D eigenvalue weighted by Crippen LogP contribution is 2.17. The number of carboxylic acids is 1. The molecule has 0 aromatic heterocycles. The summed E-state index contributed by atoms with van der Waals surface area (Å²) in [7, 11) is 0. The largest absolute Gasteiger partial charge is 0.490 e. The Balaban J connectivity index is 2.51. The number of benzene rings is 1. The van der Waals surface area contributed by atoms with E-state index in [4.69, 9.17) is 21.4 Å². The molecule has 76 valence electrons. The Morgan fingerprint density at radius 1 is 1.50 bits per heavy atom. The van der Waals surface area contributed by atoms with E-state index < -0.39 is 5.97 Å². The maximum atomic E-state index is 10.4. The first-order chi connectivity index (χ1) is 6.58. The van der Waals surface area contributed by atoms with Gasteiger partial charge in [-0.15, -0.1) is 0 Å². The minimum atomic E-state index is -0.869. The van der Waals surface area contributed by atoms with Gasteiger partial charge in [0.15, 0.2) is 0 Å². The average molecular weight is 215 g/mol. The number of carboxylic acid groups (broad SMARTS) is 1. The number of hydrogen-bond acceptors (Lipinski definition) is 2. The molecule has 1 aromatic carbocycles. The Morgan fingerprint density at radius 2 is 2.07 bits per heavy atom. The van der Waals surface area contributed by atoms with Crippen molar-refractivity contribution in [2.75, 3.05) is 0 Å². The van der Waals surface area contributed by atoms with E-state index in [-0.39, 0.29) is 12.5 Å². The second-order valence-electron chi connectivity index (χ2n) is 2.98. The molecule has 14 heavy (non-hydrogen) atoms. The highest BCUT2D eigenvalue weighted by atomic mass is 35.5. The number of rotatable bonds is 4. The van der Waals surface area contributed by atoms with Crippen molar-refractivity contribution in [2.45, 2.75) is 19.4 Å². The fraction of sp³-hybridized carbons (Fsp3) is 0.300. The van der Waals surface area contributed by atoms with E-state index in [0.29, 0.717) is 10.8 Å². The molecule has 0 unspecified atom stereocenters. The van der Waals surface area contributed by atoms with Crippen molar-refractivity contribution in [2.24, 2.45) is 0 Å². The lowest BCUT2D eigenvalue weighted by Crippen LogP contribution is -2.16. The summed E-state index contributed by atoms with van der Waals surface area (Å²) in [6, 6.07) is 6.82. The monoisotopic (exact) mass is 214 g/mol. The van der Waals surface area contributed by atoms with Gasteiger partial charge in [0.05, 0.1) is 6.42 Å². The van der Waals surface area contributed by atoms with Crippen LogP contribution in [-0.2, 0) is 4.79 Å². The number of aliphatic carboxylic acids is 1. The van der Waals surface area contributed by atoms with Gasteiger partial charge < -0.3 is 9.84 Å². The van der Waals surface area contributed by atoms with Crippen LogP contribution in [0.5, 0.6) is 5.75 Å². The summed E-state index contributed by atoms with van der Waals surface area (Å²) < 4.78 is 5.34. The normalized spacial score (nSPS) is 12.1. The van der Waals surface area contributed by atoms with Crippen molar-refractivity contribution in [3.63, 3.8) is 0 Å². The van der Waals surface area contributed by atoms with E-state index >= 15 is 0 Å². The lowest BCUT2D eigenvalue weighted by molar-refractivity contribution is -0.138. The number of carbonyl (C=O) groups is 1. The summed E-state index contributed by atoms with van der Waals surface area (Å²) >= 11 is 5.68. The van der Waals surface area contributed by atoms with Gasteiger partial charge in [0.2, 0.25) is 0 Å². The van der Waals surface area contributed by atoms with Crippen LogP contribution in [0.1, 0.15) is 13.3 Å². The highest BCUT2D eigenvalue weighted by Gasteiger charge is 2.08. The molecule has 0 amide bonds. The lowest BCUT2D eigenvalue weighted by atomic mass is 10.3. The second kappa shape index (κ2) is 4.86. The smallest absolute Gasteiger partial charge is 0.307 e. The summed E-state index contributed by atoms with van der Waals surface area (Å²) in [6.07, 6.45) is -0.350. The first kappa shape index (κ1) is 10.9. The van der Waals surface area contributed by atoms with Gasteiger partial charge in [-0.2, -0.15) is 0 Å². The third kappa shape index (κ3) is 3.66. The number of hydrogen-bond donors (Lipinski definition) is 1. The van der Waals surface area contributed by atoms with Gasteiger partial charge in [0.25, 0.3) is 0 Å². The zero-order chi connectivity index (χ0) is 10.6. The van der Waals surface area contributed by atoms with Gasteiger partial charge in [-0.05, 0) is 31.2 Å². The minimum Gasteiger partial charge on any atom is -0.490 e. The van der Waals surface area contributed by atoms with Crippen LogP contribution < -0.4 is 4.74 Å². The summed E-state index contributed by atoms with van der Waals surface area (Å²) in [5.41, 5.74) is 0. The predicted molar refractivity (Wildman–Crippen MR) is 53.8 cm³/mol. The predicted octanol–water partition coefficient (Wildman–Crippen LogP) is 2.58. The number of ether oxygens (including phenoxy) is 1. The fourth-order valence-electron chi connectivity index (χ4n) is 1.03. The molecule has 0 radical (unpaired) electrons. The Kier molecular flexibility index (Phi) is 3.77. The van der Waals surface area contributed by atoms with Crippen LogP contribution in [0.3, 0.4) is 0 Å². The van der Waals surface area contributed by atoms with Crippen LogP contribution in [0.15, 0.2) is 24.3 Å². The molecule has 4 heteroatoms. The van der Waals surface area contributed by atoms with Crippen molar-refractivity contribution >= 4 is 17.6 Å². The molecule has 1 atom stereocenters. The summed E-state index contributed by atoms with van der Waals surface area (Å²) in [5.74, 6) is -0.241. The standard InChI is InChI=1S/C10H11ClO3/c1-7(6-10(12)13)14-9-4-2-8(11)3-5-9/h2-5,7H,6H2,1H3,(H,12,13)/t7-/m1/s1. The molecular weight excluding hydrogens is 204 g/mol. The molecule has 0 fully saturated rings. The molecule has 1 rings (SSSR count). The Bertz CT molecular complexity index is 308. The topological polar surface area (TPSA) is 46.5 Å². The van der Waals surface area contributed by atoms with Crippen molar-refractivity contribution in [3.05, 3.63) is 29.3 Å². The molecule has 0 saturated heterocycles. The molecular formula is C10H11ClO3. The maximum Gasteiger partial charge on any atom is 0.307 e. The maximum absolute atomic E-state index is 10.4. The van der Waals surface area contributed by atoms with Crippen LogP contribution in [0, 0.1) is 0 Å².